The number of nitrogens with one attached hydrogen (secondary N) is 2. The summed E-state index contributed by atoms with van der Waals surface area (Å²) in [6.45, 7) is 10.8. The molecule has 1 atom stereocenters. The third-order valence-electron chi connectivity index (χ3n) is 4.66. The van der Waals surface area contributed by atoms with Crippen LogP contribution in [0.3, 0.4) is 0 Å². The number of ether oxygens (including phenoxy) is 8. The Bertz CT molecular complexity index is 666. The van der Waals surface area contributed by atoms with Crippen LogP contribution in [0.2, 0.25) is 0 Å². The molecule has 0 aliphatic carbocycles. The normalized spacial score (nSPS) is 11.3. The average Bonchev–Trinajstić information content (AvgIpc) is 2.95. The molecule has 0 saturated heterocycles. The van der Waals surface area contributed by atoms with Crippen molar-refractivity contribution in [2.75, 3.05) is 92.4 Å². The molecule has 0 aromatic carbocycles. The topological polar surface area (TPSA) is 169 Å². The molecule has 0 rings (SSSR count). The van der Waals surface area contributed by atoms with Crippen LogP contribution in [0.15, 0.2) is 25.3 Å². The lowest BCUT2D eigenvalue weighted by Crippen LogP contribution is -2.27. The second-order valence-electron chi connectivity index (χ2n) is 7.86. The van der Waals surface area contributed by atoms with E-state index < -0.39 is 24.4 Å². The van der Waals surface area contributed by atoms with Crippen LogP contribution < -0.4 is 10.6 Å². The number of alkyl carbamates (subject to hydrolysis) is 2. The monoisotopic (exact) mass is 578 g/mol. The van der Waals surface area contributed by atoms with E-state index >= 15 is 0 Å². The van der Waals surface area contributed by atoms with E-state index in [1.165, 1.54) is 6.08 Å². The lowest BCUT2D eigenvalue weighted by Gasteiger charge is -2.09. The first-order chi connectivity index (χ1) is 19.5. The molecule has 0 spiro atoms. The maximum atomic E-state index is 11.6. The van der Waals surface area contributed by atoms with Crippen molar-refractivity contribution in [3.63, 3.8) is 0 Å². The molecule has 14 heteroatoms. The lowest BCUT2D eigenvalue weighted by atomic mass is 10.2. The smallest absolute Gasteiger partial charge is 0.407 e. The Morgan fingerprint density at radius 2 is 1.00 bits per heavy atom. The van der Waals surface area contributed by atoms with Crippen molar-refractivity contribution in [2.45, 2.75) is 32.0 Å². The van der Waals surface area contributed by atoms with Gasteiger partial charge in [0.1, 0.15) is 19.8 Å². The van der Waals surface area contributed by atoms with E-state index in [1.807, 2.05) is 0 Å². The molecule has 0 heterocycles. The molecule has 2 amide bonds. The number of hydrogen-bond donors (Lipinski definition) is 3. The summed E-state index contributed by atoms with van der Waals surface area (Å²) in [5.74, 6) is -0.493. The van der Waals surface area contributed by atoms with E-state index in [0.29, 0.717) is 46.1 Å². The summed E-state index contributed by atoms with van der Waals surface area (Å²) < 4.78 is 40.7. The summed E-state index contributed by atoms with van der Waals surface area (Å²) in [4.78, 5) is 34.1. The predicted octanol–water partition coefficient (Wildman–Crippen LogP) is 1.32. The van der Waals surface area contributed by atoms with Gasteiger partial charge in [0.15, 0.2) is 6.29 Å². The van der Waals surface area contributed by atoms with E-state index in [9.17, 15) is 14.4 Å². The molecule has 0 fully saturated rings. The predicted molar refractivity (Wildman–Crippen MR) is 144 cm³/mol. The quantitative estimate of drug-likeness (QED) is 0.0304. The number of rotatable bonds is 28. The number of carbonyl (C=O) groups is 3. The Morgan fingerprint density at radius 1 is 0.600 bits per heavy atom. The van der Waals surface area contributed by atoms with E-state index in [1.54, 1.807) is 0 Å². The van der Waals surface area contributed by atoms with Crippen LogP contribution in [-0.4, -0.2) is 122 Å². The Labute approximate surface area is 236 Å². The minimum absolute atomic E-state index is 0.129. The highest BCUT2D eigenvalue weighted by Crippen LogP contribution is 1.98. The molecule has 0 aromatic rings. The van der Waals surface area contributed by atoms with Crippen molar-refractivity contribution in [2.24, 2.45) is 0 Å². The molecule has 0 saturated carbocycles. The van der Waals surface area contributed by atoms with Crippen molar-refractivity contribution in [1.82, 2.24) is 10.6 Å². The Hall–Kier alpha value is -2.75. The van der Waals surface area contributed by atoms with Gasteiger partial charge in [-0.05, 0) is 18.9 Å². The van der Waals surface area contributed by atoms with E-state index in [-0.39, 0.29) is 46.2 Å². The first kappa shape index (κ1) is 37.2. The zero-order chi connectivity index (χ0) is 29.5. The molecule has 0 bridgehead atoms. The number of carbonyl (C=O) groups excluding carboxylic acids is 3. The van der Waals surface area contributed by atoms with Crippen LogP contribution in [0.5, 0.6) is 0 Å². The summed E-state index contributed by atoms with van der Waals surface area (Å²) in [5.41, 5.74) is 0. The minimum Gasteiger partial charge on any atom is -0.460 e. The molecular weight excluding hydrogens is 532 g/mol. The third-order valence-corrected chi connectivity index (χ3v) is 4.66. The molecule has 3 N–H and O–H groups in total. The number of amides is 2. The molecule has 0 aromatic heterocycles. The minimum atomic E-state index is -0.990. The van der Waals surface area contributed by atoms with Gasteiger partial charge in [-0.1, -0.05) is 26.0 Å². The fourth-order valence-electron chi connectivity index (χ4n) is 2.67. The molecule has 0 radical (unpaired) electrons. The fourth-order valence-corrected chi connectivity index (χ4v) is 2.67. The fraction of sp³-hybridized carbons (Fsp3) is 0.731. The van der Waals surface area contributed by atoms with E-state index in [2.05, 4.69) is 23.8 Å². The van der Waals surface area contributed by atoms with Crippen LogP contribution in [0.25, 0.3) is 0 Å². The zero-order valence-corrected chi connectivity index (χ0v) is 23.3. The lowest BCUT2D eigenvalue weighted by molar-refractivity contribution is -0.139. The van der Waals surface area contributed by atoms with Crippen molar-refractivity contribution in [1.29, 1.82) is 0 Å². The molecule has 14 nitrogen and oxygen atoms in total. The highest BCUT2D eigenvalue weighted by molar-refractivity contribution is 5.81. The van der Waals surface area contributed by atoms with Crippen molar-refractivity contribution in [3.8, 4) is 0 Å². The summed E-state index contributed by atoms with van der Waals surface area (Å²) >= 11 is 0. The van der Waals surface area contributed by atoms with Crippen LogP contribution in [-0.2, 0) is 42.7 Å². The van der Waals surface area contributed by atoms with Gasteiger partial charge in [0, 0.05) is 19.2 Å². The second kappa shape index (κ2) is 29.2. The van der Waals surface area contributed by atoms with Crippen LogP contribution in [0, 0.1) is 0 Å². The summed E-state index contributed by atoms with van der Waals surface area (Å²) in [7, 11) is 0. The molecule has 0 aliphatic rings. The Morgan fingerprint density at radius 3 is 1.43 bits per heavy atom. The van der Waals surface area contributed by atoms with Crippen LogP contribution in [0.1, 0.15) is 25.7 Å². The molecule has 40 heavy (non-hydrogen) atoms. The van der Waals surface area contributed by atoms with Crippen LogP contribution in [0.4, 0.5) is 9.59 Å². The summed E-state index contributed by atoms with van der Waals surface area (Å²) in [5, 5.41) is 14.4. The van der Waals surface area contributed by atoms with Gasteiger partial charge in [-0.25, -0.2) is 14.4 Å². The standard InChI is InChI=1S/C26H46N2O12/c1-3-23(29)37-19-15-33-11-13-35-17-21-39-25(31)27-9-7-5-6-8-10-28-26(32)40-22-18-36-14-12-34-16-20-38-24(30)4-2/h3-4,23,29H,1-2,5-22H2,(H,27,31)(H,28,32). The second-order valence-corrected chi connectivity index (χ2v) is 7.86. The average molecular weight is 579 g/mol. The number of esters is 1. The van der Waals surface area contributed by atoms with Gasteiger partial charge in [-0.15, -0.1) is 0 Å². The Kier molecular flexibility index (Phi) is 27.2. The number of aliphatic hydroxyl groups excluding tert-OH is 1. The van der Waals surface area contributed by atoms with Gasteiger partial charge in [-0.3, -0.25) is 0 Å². The first-order valence-electron chi connectivity index (χ1n) is 13.3. The molecule has 1 unspecified atom stereocenters. The van der Waals surface area contributed by atoms with Gasteiger partial charge in [0.2, 0.25) is 0 Å². The van der Waals surface area contributed by atoms with Crippen molar-refractivity contribution >= 4 is 18.2 Å². The van der Waals surface area contributed by atoms with Gasteiger partial charge in [-0.2, -0.15) is 0 Å². The summed E-state index contributed by atoms with van der Waals surface area (Å²) in [6, 6.07) is 0. The highest BCUT2D eigenvalue weighted by atomic mass is 16.6. The number of unbranched alkanes of at least 4 members (excludes halogenated alkanes) is 3. The SMILES string of the molecule is C=CC(=O)OCCOCCOCCOC(=O)NCCCCCCNC(=O)OCCOCCOCCOC(O)C=C. The first-order valence-corrected chi connectivity index (χ1v) is 13.3. The van der Waals surface area contributed by atoms with Crippen molar-refractivity contribution < 1.29 is 57.4 Å². The third kappa shape index (κ3) is 28.3. The van der Waals surface area contributed by atoms with Gasteiger partial charge in [0.05, 0.1) is 59.5 Å². The molecular formula is C26H46N2O12. The number of hydrogen-bond acceptors (Lipinski definition) is 12. The Balaban J connectivity index is 3.30. The summed E-state index contributed by atoms with van der Waals surface area (Å²) in [6.07, 6.45) is 3.75. The number of aliphatic hydroxyl groups is 1. The zero-order valence-electron chi connectivity index (χ0n) is 23.3. The van der Waals surface area contributed by atoms with Crippen LogP contribution >= 0.6 is 0 Å². The maximum absolute atomic E-state index is 11.6. The van der Waals surface area contributed by atoms with Gasteiger partial charge < -0.3 is 53.6 Å². The van der Waals surface area contributed by atoms with E-state index in [0.717, 1.165) is 31.8 Å². The molecule has 232 valence electrons. The van der Waals surface area contributed by atoms with Gasteiger partial charge in [0.25, 0.3) is 0 Å². The highest BCUT2D eigenvalue weighted by Gasteiger charge is 2.03. The van der Waals surface area contributed by atoms with E-state index in [4.69, 9.17) is 43.0 Å². The molecule has 0 aliphatic heterocycles. The largest absolute Gasteiger partial charge is 0.460 e. The maximum Gasteiger partial charge on any atom is 0.407 e. The van der Waals surface area contributed by atoms with Crippen molar-refractivity contribution in [3.05, 3.63) is 25.3 Å². The van der Waals surface area contributed by atoms with Gasteiger partial charge >= 0.3 is 18.2 Å².